The van der Waals surface area contributed by atoms with E-state index < -0.39 is 16.1 Å². The minimum absolute atomic E-state index is 0.0146. The van der Waals surface area contributed by atoms with Crippen LogP contribution in [0.2, 0.25) is 0 Å². The monoisotopic (exact) mass is 596 g/mol. The molecule has 2 saturated carbocycles. The van der Waals surface area contributed by atoms with Crippen LogP contribution in [0.25, 0.3) is 0 Å². The number of ether oxygens (including phenoxy) is 1. The molecule has 1 saturated heterocycles. The molecule has 2 aromatic rings. The van der Waals surface area contributed by atoms with Crippen molar-refractivity contribution in [3.8, 4) is 11.9 Å². The lowest BCUT2D eigenvalue weighted by molar-refractivity contribution is 0.0581. The van der Waals surface area contributed by atoms with Crippen LogP contribution >= 0.6 is 0 Å². The van der Waals surface area contributed by atoms with Crippen LogP contribution in [0.5, 0.6) is 5.88 Å². The summed E-state index contributed by atoms with van der Waals surface area (Å²) in [5, 5.41) is 22.2. The van der Waals surface area contributed by atoms with Crippen molar-refractivity contribution in [2.24, 2.45) is 17.3 Å². The number of carboxylic acid groups (broad SMARTS) is 1. The Labute approximate surface area is 247 Å². The fraction of sp³-hybridized carbons (Fsp3) is 0.600. The third-order valence-electron chi connectivity index (χ3n) is 9.22. The Morgan fingerprint density at radius 3 is 2.40 bits per heavy atom. The van der Waals surface area contributed by atoms with Gasteiger partial charge in [-0.25, -0.2) is 13.2 Å². The maximum atomic E-state index is 13.3. The molecule has 3 aliphatic rings. The molecule has 226 valence electrons. The molecule has 5 rings (SSSR count). The number of rotatable bonds is 11. The molecule has 11 nitrogen and oxygen atoms in total. The lowest BCUT2D eigenvalue weighted by atomic mass is 9.59. The van der Waals surface area contributed by atoms with Crippen molar-refractivity contribution in [3.63, 3.8) is 0 Å². The first-order valence-corrected chi connectivity index (χ1v) is 16.6. The molecule has 1 spiro atoms. The van der Waals surface area contributed by atoms with E-state index in [1.165, 1.54) is 37.0 Å². The van der Waals surface area contributed by atoms with Gasteiger partial charge in [0, 0.05) is 19.6 Å². The van der Waals surface area contributed by atoms with Crippen LogP contribution in [0.4, 0.5) is 16.3 Å². The Kier molecular flexibility index (Phi) is 9.36. The van der Waals surface area contributed by atoms with Crippen LogP contribution in [0, 0.1) is 28.6 Å². The van der Waals surface area contributed by atoms with E-state index in [-0.39, 0.29) is 41.5 Å². The fourth-order valence-corrected chi connectivity index (χ4v) is 7.65. The number of hydrogen-bond donors (Lipinski definition) is 3. The number of sulfonamides is 1. The molecule has 42 heavy (non-hydrogen) atoms. The smallest absolute Gasteiger partial charge is 0.407 e. The van der Waals surface area contributed by atoms with Gasteiger partial charge in [-0.2, -0.15) is 15.2 Å². The van der Waals surface area contributed by atoms with Crippen molar-refractivity contribution < 1.29 is 23.1 Å². The summed E-state index contributed by atoms with van der Waals surface area (Å²) in [5.41, 5.74) is 1.29. The van der Waals surface area contributed by atoms with Crippen LogP contribution < -0.4 is 14.8 Å². The van der Waals surface area contributed by atoms with E-state index in [4.69, 9.17) is 4.74 Å². The van der Waals surface area contributed by atoms with E-state index >= 15 is 0 Å². The summed E-state index contributed by atoms with van der Waals surface area (Å²) in [6.07, 6.45) is 9.88. The third-order valence-corrected chi connectivity index (χ3v) is 10.4. The summed E-state index contributed by atoms with van der Waals surface area (Å²) in [6.45, 7) is 1.82. The van der Waals surface area contributed by atoms with Gasteiger partial charge >= 0.3 is 6.09 Å². The van der Waals surface area contributed by atoms with Crippen molar-refractivity contribution in [1.82, 2.24) is 14.9 Å². The number of anilines is 2. The first-order chi connectivity index (χ1) is 20.2. The molecule has 1 aliphatic heterocycles. The van der Waals surface area contributed by atoms with Gasteiger partial charge in [0.2, 0.25) is 21.7 Å². The van der Waals surface area contributed by atoms with Gasteiger partial charge < -0.3 is 20.1 Å². The zero-order valence-corrected chi connectivity index (χ0v) is 24.7. The van der Waals surface area contributed by atoms with E-state index in [9.17, 15) is 23.6 Å². The molecule has 0 atom stereocenters. The average molecular weight is 597 g/mol. The van der Waals surface area contributed by atoms with Gasteiger partial charge in [-0.05, 0) is 80.6 Å². The highest BCUT2D eigenvalue weighted by molar-refractivity contribution is 7.91. The first-order valence-electron chi connectivity index (χ1n) is 15.0. The molecule has 2 aliphatic carbocycles. The molecular weight excluding hydrogens is 556 g/mol. The van der Waals surface area contributed by atoms with Gasteiger partial charge in [0.1, 0.15) is 6.07 Å². The van der Waals surface area contributed by atoms with Crippen LogP contribution in [0.15, 0.2) is 30.3 Å². The van der Waals surface area contributed by atoms with Crippen molar-refractivity contribution in [3.05, 3.63) is 41.7 Å². The minimum Gasteiger partial charge on any atom is -0.476 e. The Bertz CT molecular complexity index is 1370. The molecule has 0 bridgehead atoms. The van der Waals surface area contributed by atoms with Crippen LogP contribution in [-0.4, -0.2) is 60.7 Å². The lowest BCUT2D eigenvalue weighted by Crippen LogP contribution is -2.37. The average Bonchev–Trinajstić information content (AvgIpc) is 2.97. The van der Waals surface area contributed by atoms with E-state index in [1.807, 2.05) is 12.1 Å². The van der Waals surface area contributed by atoms with Gasteiger partial charge in [-0.15, -0.1) is 0 Å². The second-order valence-corrected chi connectivity index (χ2v) is 13.8. The predicted molar refractivity (Wildman–Crippen MR) is 159 cm³/mol. The largest absolute Gasteiger partial charge is 0.476 e. The molecule has 0 radical (unpaired) electrons. The topological polar surface area (TPSA) is 158 Å². The quantitative estimate of drug-likeness (QED) is 0.316. The zero-order chi connectivity index (χ0) is 29.6. The Hall–Kier alpha value is -3.59. The van der Waals surface area contributed by atoms with Gasteiger partial charge in [-0.1, -0.05) is 36.8 Å². The van der Waals surface area contributed by atoms with Gasteiger partial charge in [0.15, 0.2) is 11.5 Å². The number of amides is 1. The summed E-state index contributed by atoms with van der Waals surface area (Å²) >= 11 is 0. The third kappa shape index (κ3) is 7.62. The molecule has 3 fully saturated rings. The van der Waals surface area contributed by atoms with Crippen molar-refractivity contribution in [2.45, 2.75) is 70.0 Å². The fourth-order valence-electron chi connectivity index (χ4n) is 6.45. The van der Waals surface area contributed by atoms with Crippen LogP contribution in [0.1, 0.15) is 75.6 Å². The number of nitriles is 1. The predicted octanol–water partition coefficient (Wildman–Crippen LogP) is 5.22. The molecule has 1 aromatic carbocycles. The Morgan fingerprint density at radius 1 is 1.07 bits per heavy atom. The lowest BCUT2D eigenvalue weighted by Gasteiger charge is -2.47. The van der Waals surface area contributed by atoms with Crippen molar-refractivity contribution >= 4 is 27.6 Å². The Balaban J connectivity index is 1.31. The number of piperidine rings is 1. The molecule has 3 N–H and O–H groups in total. The summed E-state index contributed by atoms with van der Waals surface area (Å²) in [7, 11) is -3.86. The molecule has 1 aromatic heterocycles. The molecular formula is C30H40N6O5S. The minimum atomic E-state index is -3.86. The number of hydrogen-bond acceptors (Lipinski definition) is 8. The molecule has 12 heteroatoms. The normalized spacial score (nSPS) is 19.1. The van der Waals surface area contributed by atoms with Crippen LogP contribution in [0.3, 0.4) is 0 Å². The van der Waals surface area contributed by atoms with E-state index in [0.717, 1.165) is 25.7 Å². The molecule has 0 unspecified atom stereocenters. The molecule has 2 heterocycles. The number of carbonyl (C=O) groups is 1. The maximum Gasteiger partial charge on any atom is 0.407 e. The zero-order valence-electron chi connectivity index (χ0n) is 23.9. The second-order valence-electron chi connectivity index (χ2n) is 12.1. The standard InChI is InChI=1S/C30H40N6O5S/c31-19-25-33-27(32-20-23-7-14-30(15-8-23)12-4-13-30)26(35-42(39,40)21-24-5-2-1-3-6-24)28(34-25)41-18-11-22-9-16-36(17-10-22)29(37)38/h1-3,5-6,22-23,35H,4,7-18,20-21H2,(H,37,38)(H,32,33,34). The summed E-state index contributed by atoms with van der Waals surface area (Å²) < 4.78 is 35.3. The van der Waals surface area contributed by atoms with E-state index in [1.54, 1.807) is 24.3 Å². The summed E-state index contributed by atoms with van der Waals surface area (Å²) in [5.74, 6) is 0.628. The number of aromatic nitrogens is 2. The maximum absolute atomic E-state index is 13.3. The van der Waals surface area contributed by atoms with Crippen LogP contribution in [-0.2, 0) is 15.8 Å². The molecule has 1 amide bonds. The van der Waals surface area contributed by atoms with Gasteiger partial charge in [0.25, 0.3) is 0 Å². The SMILES string of the molecule is N#Cc1nc(NCC2CCC3(CCC3)CC2)c(NS(=O)(=O)Cc2ccccc2)c(OCCC2CCN(C(=O)O)CC2)n1. The van der Waals surface area contributed by atoms with E-state index in [2.05, 4.69) is 20.0 Å². The highest BCUT2D eigenvalue weighted by Gasteiger charge is 2.40. The summed E-state index contributed by atoms with van der Waals surface area (Å²) in [6, 6.07) is 10.9. The van der Waals surface area contributed by atoms with Gasteiger partial charge in [0.05, 0.1) is 12.4 Å². The highest BCUT2D eigenvalue weighted by atomic mass is 32.2. The number of nitrogens with zero attached hydrogens (tertiary/aromatic N) is 4. The highest BCUT2D eigenvalue weighted by Crippen LogP contribution is 2.52. The number of nitrogens with one attached hydrogen (secondary N) is 2. The van der Waals surface area contributed by atoms with Gasteiger partial charge in [-0.3, -0.25) is 4.72 Å². The number of benzene rings is 1. The summed E-state index contributed by atoms with van der Waals surface area (Å²) in [4.78, 5) is 21.2. The van der Waals surface area contributed by atoms with Crippen molar-refractivity contribution in [1.29, 1.82) is 5.26 Å². The number of likely N-dealkylation sites (tertiary alicyclic amines) is 1. The van der Waals surface area contributed by atoms with E-state index in [0.29, 0.717) is 43.0 Å². The Morgan fingerprint density at radius 2 is 1.79 bits per heavy atom. The first kappa shape index (κ1) is 29.9. The second kappa shape index (κ2) is 13.2. The van der Waals surface area contributed by atoms with Crippen molar-refractivity contribution in [2.75, 3.05) is 36.3 Å².